The number of phenolic OH excluding ortho intramolecular Hbond substituents is 1. The molecule has 1 N–H and O–H groups in total. The zero-order valence-electron chi connectivity index (χ0n) is 15.2. The molecular formula is C20H19N3O3S. The van der Waals surface area contributed by atoms with Crippen molar-refractivity contribution in [1.82, 2.24) is 15.0 Å². The van der Waals surface area contributed by atoms with Gasteiger partial charge >= 0.3 is 0 Å². The predicted molar refractivity (Wildman–Crippen MR) is 107 cm³/mol. The van der Waals surface area contributed by atoms with E-state index in [0.29, 0.717) is 33.9 Å². The number of rotatable bonds is 6. The second-order valence-electron chi connectivity index (χ2n) is 5.47. The quantitative estimate of drug-likeness (QED) is 0.643. The minimum absolute atomic E-state index is 0.130. The lowest BCUT2D eigenvalue weighted by Gasteiger charge is -2.08. The fraction of sp³-hybridized carbons (Fsp3) is 0.150. The number of phenols is 1. The average molecular weight is 381 g/mol. The molecule has 0 saturated heterocycles. The molecule has 2 aromatic carbocycles. The number of hydrogen-bond donors (Lipinski definition) is 1. The maximum Gasteiger partial charge on any atom is 0.191 e. The molecule has 7 heteroatoms. The summed E-state index contributed by atoms with van der Waals surface area (Å²) >= 11 is 1.42. The number of para-hydroxylation sites is 1. The molecule has 138 valence electrons. The standard InChI is InChI=1S/C20H19N3O3S/c1-25-16-10-8-13(12-17(16)26-2)9-11-18-21-19(23-20(22-18)27-3)14-6-4-5-7-15(14)24/h4-12,24H,1-3H3/b11-9+. The Morgan fingerprint density at radius 1 is 0.926 bits per heavy atom. The first-order valence-electron chi connectivity index (χ1n) is 8.13. The average Bonchev–Trinajstić information content (AvgIpc) is 2.72. The van der Waals surface area contributed by atoms with Gasteiger partial charge in [0.25, 0.3) is 0 Å². The van der Waals surface area contributed by atoms with Crippen molar-refractivity contribution < 1.29 is 14.6 Å². The summed E-state index contributed by atoms with van der Waals surface area (Å²) in [4.78, 5) is 13.3. The highest BCUT2D eigenvalue weighted by Gasteiger charge is 2.10. The van der Waals surface area contributed by atoms with E-state index in [1.165, 1.54) is 11.8 Å². The van der Waals surface area contributed by atoms with Gasteiger partial charge in [0.05, 0.1) is 19.8 Å². The van der Waals surface area contributed by atoms with Crippen molar-refractivity contribution in [2.75, 3.05) is 20.5 Å². The Bertz CT molecular complexity index is 976. The highest BCUT2D eigenvalue weighted by Crippen LogP contribution is 2.29. The van der Waals surface area contributed by atoms with E-state index < -0.39 is 0 Å². The van der Waals surface area contributed by atoms with E-state index in [1.807, 2.05) is 36.6 Å². The predicted octanol–water partition coefficient (Wildman–Crippen LogP) is 4.15. The van der Waals surface area contributed by atoms with Crippen LogP contribution in [0.5, 0.6) is 17.2 Å². The summed E-state index contributed by atoms with van der Waals surface area (Å²) in [5.74, 6) is 2.38. The Kier molecular flexibility index (Phi) is 5.93. The lowest BCUT2D eigenvalue weighted by Crippen LogP contribution is -1.98. The van der Waals surface area contributed by atoms with Gasteiger partial charge in [-0.3, -0.25) is 0 Å². The molecule has 3 aromatic rings. The van der Waals surface area contributed by atoms with Gasteiger partial charge in [-0.05, 0) is 42.2 Å². The molecule has 0 saturated carbocycles. The Balaban J connectivity index is 1.96. The largest absolute Gasteiger partial charge is 0.507 e. The molecule has 0 amide bonds. The van der Waals surface area contributed by atoms with Gasteiger partial charge in [-0.1, -0.05) is 36.0 Å². The molecule has 0 aliphatic rings. The molecule has 0 aliphatic heterocycles. The number of aromatic hydroxyl groups is 1. The summed E-state index contributed by atoms with van der Waals surface area (Å²) in [5, 5.41) is 10.7. The second-order valence-corrected chi connectivity index (χ2v) is 6.24. The normalized spacial score (nSPS) is 10.9. The molecule has 6 nitrogen and oxygen atoms in total. The monoisotopic (exact) mass is 381 g/mol. The molecule has 0 spiro atoms. The third-order valence-corrected chi connectivity index (χ3v) is 4.34. The summed E-state index contributed by atoms with van der Waals surface area (Å²) in [6, 6.07) is 12.6. The Labute approximate surface area is 161 Å². The van der Waals surface area contributed by atoms with Crippen LogP contribution < -0.4 is 9.47 Å². The van der Waals surface area contributed by atoms with Gasteiger partial charge in [0, 0.05) is 0 Å². The SMILES string of the molecule is COc1ccc(/C=C/c2nc(SC)nc(-c3ccccc3O)n2)cc1OC. The van der Waals surface area contributed by atoms with Crippen molar-refractivity contribution in [2.45, 2.75) is 5.16 Å². The summed E-state index contributed by atoms with van der Waals surface area (Å²) < 4.78 is 10.6. The fourth-order valence-electron chi connectivity index (χ4n) is 2.45. The van der Waals surface area contributed by atoms with Gasteiger partial charge in [-0.25, -0.2) is 15.0 Å². The van der Waals surface area contributed by atoms with Crippen molar-refractivity contribution >= 4 is 23.9 Å². The smallest absolute Gasteiger partial charge is 0.191 e. The van der Waals surface area contributed by atoms with E-state index in [9.17, 15) is 5.11 Å². The van der Waals surface area contributed by atoms with Crippen LogP contribution in [0.3, 0.4) is 0 Å². The number of ether oxygens (including phenoxy) is 2. The van der Waals surface area contributed by atoms with Crippen LogP contribution in [0.1, 0.15) is 11.4 Å². The van der Waals surface area contributed by atoms with E-state index in [0.717, 1.165) is 5.56 Å². The first-order chi connectivity index (χ1) is 13.1. The van der Waals surface area contributed by atoms with Crippen molar-refractivity contribution in [3.05, 3.63) is 53.9 Å². The van der Waals surface area contributed by atoms with E-state index in [1.54, 1.807) is 38.5 Å². The van der Waals surface area contributed by atoms with Gasteiger partial charge in [0.2, 0.25) is 0 Å². The zero-order valence-corrected chi connectivity index (χ0v) is 16.0. The van der Waals surface area contributed by atoms with Crippen LogP contribution in [0, 0.1) is 0 Å². The summed E-state index contributed by atoms with van der Waals surface area (Å²) in [7, 11) is 3.20. The number of hydrogen-bond acceptors (Lipinski definition) is 7. The van der Waals surface area contributed by atoms with E-state index >= 15 is 0 Å². The number of methoxy groups -OCH3 is 2. The van der Waals surface area contributed by atoms with Crippen LogP contribution >= 0.6 is 11.8 Å². The van der Waals surface area contributed by atoms with E-state index in [2.05, 4.69) is 15.0 Å². The minimum atomic E-state index is 0.130. The molecule has 0 atom stereocenters. The zero-order chi connectivity index (χ0) is 19.2. The summed E-state index contributed by atoms with van der Waals surface area (Å²) in [5.41, 5.74) is 1.49. The highest BCUT2D eigenvalue weighted by molar-refractivity contribution is 7.98. The van der Waals surface area contributed by atoms with Gasteiger partial charge in [0.1, 0.15) is 5.75 Å². The van der Waals surface area contributed by atoms with Crippen LogP contribution in [0.15, 0.2) is 47.6 Å². The molecule has 0 aliphatic carbocycles. The number of nitrogens with zero attached hydrogens (tertiary/aromatic N) is 3. The van der Waals surface area contributed by atoms with Crippen LogP contribution in [-0.2, 0) is 0 Å². The number of aromatic nitrogens is 3. The molecule has 1 aromatic heterocycles. The number of thioether (sulfide) groups is 1. The van der Waals surface area contributed by atoms with E-state index in [-0.39, 0.29) is 5.75 Å². The number of benzene rings is 2. The Hall–Kier alpha value is -3.06. The van der Waals surface area contributed by atoms with Gasteiger partial charge in [-0.2, -0.15) is 0 Å². The molecule has 0 radical (unpaired) electrons. The van der Waals surface area contributed by atoms with E-state index in [4.69, 9.17) is 9.47 Å². The highest BCUT2D eigenvalue weighted by atomic mass is 32.2. The van der Waals surface area contributed by atoms with Crippen LogP contribution in [-0.4, -0.2) is 40.5 Å². The Morgan fingerprint density at radius 2 is 1.70 bits per heavy atom. The van der Waals surface area contributed by atoms with Crippen LogP contribution in [0.2, 0.25) is 0 Å². The first-order valence-corrected chi connectivity index (χ1v) is 9.35. The second kappa shape index (κ2) is 8.55. The molecule has 1 heterocycles. The fourth-order valence-corrected chi connectivity index (χ4v) is 2.81. The van der Waals surface area contributed by atoms with Crippen molar-refractivity contribution in [3.63, 3.8) is 0 Å². The van der Waals surface area contributed by atoms with Gasteiger partial charge in [0.15, 0.2) is 28.3 Å². The Morgan fingerprint density at radius 3 is 2.41 bits per heavy atom. The maximum absolute atomic E-state index is 10.1. The molecule has 0 fully saturated rings. The molecule has 0 bridgehead atoms. The first kappa shape index (κ1) is 18.7. The third-order valence-electron chi connectivity index (χ3n) is 3.79. The van der Waals surface area contributed by atoms with Crippen LogP contribution in [0.4, 0.5) is 0 Å². The van der Waals surface area contributed by atoms with Crippen molar-refractivity contribution in [3.8, 4) is 28.6 Å². The topological polar surface area (TPSA) is 77.4 Å². The molecule has 0 unspecified atom stereocenters. The molecular weight excluding hydrogens is 362 g/mol. The lowest BCUT2D eigenvalue weighted by molar-refractivity contribution is 0.355. The van der Waals surface area contributed by atoms with Crippen molar-refractivity contribution in [2.24, 2.45) is 0 Å². The van der Waals surface area contributed by atoms with Crippen LogP contribution in [0.25, 0.3) is 23.5 Å². The van der Waals surface area contributed by atoms with Gasteiger partial charge in [-0.15, -0.1) is 0 Å². The summed E-state index contributed by atoms with van der Waals surface area (Å²) in [6.07, 6.45) is 5.58. The third kappa shape index (κ3) is 4.38. The minimum Gasteiger partial charge on any atom is -0.507 e. The summed E-state index contributed by atoms with van der Waals surface area (Å²) in [6.45, 7) is 0. The maximum atomic E-state index is 10.1. The van der Waals surface area contributed by atoms with Gasteiger partial charge < -0.3 is 14.6 Å². The molecule has 3 rings (SSSR count). The van der Waals surface area contributed by atoms with Crippen molar-refractivity contribution in [1.29, 1.82) is 0 Å². The molecule has 27 heavy (non-hydrogen) atoms. The lowest BCUT2D eigenvalue weighted by atomic mass is 10.2.